The maximum atomic E-state index is 14.4. The van der Waals surface area contributed by atoms with Gasteiger partial charge in [0, 0.05) is 0 Å². The highest BCUT2D eigenvalue weighted by Crippen LogP contribution is 2.41. The molecule has 0 aliphatic heterocycles. The summed E-state index contributed by atoms with van der Waals surface area (Å²) in [4.78, 5) is 0. The SMILES string of the molecule is C=CCCCOc1ccc(OC[C@H]2CC[C@H]([C@H]3CC[C@H](C=C)CC3)CC2)c(F)c1F. The van der Waals surface area contributed by atoms with Gasteiger partial charge in [0.05, 0.1) is 13.2 Å². The van der Waals surface area contributed by atoms with Gasteiger partial charge in [0.15, 0.2) is 11.5 Å². The molecular weight excluding hydrogens is 382 g/mol. The Balaban J connectivity index is 1.42. The van der Waals surface area contributed by atoms with E-state index in [0.29, 0.717) is 25.0 Å². The highest BCUT2D eigenvalue weighted by Gasteiger charge is 2.30. The molecule has 1 aromatic carbocycles. The third kappa shape index (κ3) is 6.09. The van der Waals surface area contributed by atoms with E-state index in [1.165, 1.54) is 50.7 Å². The van der Waals surface area contributed by atoms with Crippen LogP contribution in [-0.2, 0) is 0 Å². The predicted molar refractivity (Wildman–Crippen MR) is 118 cm³/mol. The van der Waals surface area contributed by atoms with Crippen molar-refractivity contribution in [3.05, 3.63) is 49.1 Å². The first-order valence-electron chi connectivity index (χ1n) is 11.6. The summed E-state index contributed by atoms with van der Waals surface area (Å²) in [5, 5.41) is 0. The van der Waals surface area contributed by atoms with E-state index in [0.717, 1.165) is 37.5 Å². The van der Waals surface area contributed by atoms with Gasteiger partial charge >= 0.3 is 0 Å². The van der Waals surface area contributed by atoms with Gasteiger partial charge in [-0.25, -0.2) is 0 Å². The smallest absolute Gasteiger partial charge is 0.204 e. The minimum atomic E-state index is -0.968. The van der Waals surface area contributed by atoms with Gasteiger partial charge in [0.2, 0.25) is 11.6 Å². The van der Waals surface area contributed by atoms with Gasteiger partial charge in [-0.2, -0.15) is 8.78 Å². The van der Waals surface area contributed by atoms with Crippen LogP contribution in [0.15, 0.2) is 37.4 Å². The largest absolute Gasteiger partial charge is 0.490 e. The second-order valence-electron chi connectivity index (χ2n) is 8.97. The number of rotatable bonds is 10. The molecule has 2 fully saturated rings. The van der Waals surface area contributed by atoms with Crippen LogP contribution >= 0.6 is 0 Å². The average Bonchev–Trinajstić information content (AvgIpc) is 2.79. The van der Waals surface area contributed by atoms with E-state index in [2.05, 4.69) is 19.2 Å². The highest BCUT2D eigenvalue weighted by atomic mass is 19.2. The summed E-state index contributed by atoms with van der Waals surface area (Å²) in [6.45, 7) is 8.36. The fourth-order valence-electron chi connectivity index (χ4n) is 5.03. The molecule has 2 aliphatic rings. The zero-order valence-corrected chi connectivity index (χ0v) is 18.1. The third-order valence-corrected chi connectivity index (χ3v) is 7.00. The molecule has 0 saturated heterocycles. The van der Waals surface area contributed by atoms with E-state index in [-0.39, 0.29) is 11.5 Å². The molecule has 1 aromatic rings. The minimum absolute atomic E-state index is 0.0178. The first-order chi connectivity index (χ1) is 14.6. The molecule has 0 spiro atoms. The standard InChI is InChI=1S/C26H36F2O2/c1-3-5-6-17-29-23-15-16-24(26(28)25(23)27)30-18-20-9-13-22(14-10-20)21-11-7-19(4-2)8-12-21/h3-4,15-16,19-22H,1-2,5-14,17-18H2/t19-,20-,21-,22-. The summed E-state index contributed by atoms with van der Waals surface area (Å²) in [5.41, 5.74) is 0. The van der Waals surface area contributed by atoms with E-state index >= 15 is 0 Å². The molecule has 0 amide bonds. The van der Waals surface area contributed by atoms with Crippen LogP contribution in [0.3, 0.4) is 0 Å². The second kappa shape index (κ2) is 11.5. The van der Waals surface area contributed by atoms with Gasteiger partial charge in [-0.1, -0.05) is 12.2 Å². The number of halogens is 2. The van der Waals surface area contributed by atoms with Crippen LogP contribution in [0, 0.1) is 35.3 Å². The summed E-state index contributed by atoms with van der Waals surface area (Å²) in [6, 6.07) is 2.93. The number of benzene rings is 1. The van der Waals surface area contributed by atoms with Crippen molar-refractivity contribution in [1.29, 1.82) is 0 Å². The van der Waals surface area contributed by atoms with Crippen molar-refractivity contribution in [3.8, 4) is 11.5 Å². The van der Waals surface area contributed by atoms with Gasteiger partial charge in [-0.3, -0.25) is 0 Å². The van der Waals surface area contributed by atoms with Crippen LogP contribution in [0.2, 0.25) is 0 Å². The zero-order chi connectivity index (χ0) is 21.3. The van der Waals surface area contributed by atoms with Crippen LogP contribution in [0.1, 0.15) is 64.2 Å². The Kier molecular flexibility index (Phi) is 8.77. The first-order valence-corrected chi connectivity index (χ1v) is 11.6. The zero-order valence-electron chi connectivity index (χ0n) is 18.1. The van der Waals surface area contributed by atoms with Gasteiger partial charge in [0.1, 0.15) is 0 Å². The van der Waals surface area contributed by atoms with E-state index in [4.69, 9.17) is 9.47 Å². The summed E-state index contributed by atoms with van der Waals surface area (Å²) in [5.74, 6) is 0.806. The summed E-state index contributed by atoms with van der Waals surface area (Å²) in [6.07, 6.45) is 15.3. The van der Waals surface area contributed by atoms with Crippen LogP contribution in [0.4, 0.5) is 8.78 Å². The van der Waals surface area contributed by atoms with Crippen molar-refractivity contribution < 1.29 is 18.3 Å². The molecule has 0 aromatic heterocycles. The van der Waals surface area contributed by atoms with Gasteiger partial charge < -0.3 is 9.47 Å². The molecule has 166 valence electrons. The van der Waals surface area contributed by atoms with Gasteiger partial charge in [-0.05, 0) is 100 Å². The van der Waals surface area contributed by atoms with Crippen molar-refractivity contribution in [2.75, 3.05) is 13.2 Å². The van der Waals surface area contributed by atoms with E-state index in [1.54, 1.807) is 6.08 Å². The molecule has 4 heteroatoms. The van der Waals surface area contributed by atoms with Crippen LogP contribution in [0.25, 0.3) is 0 Å². The maximum Gasteiger partial charge on any atom is 0.204 e. The Morgan fingerprint density at radius 3 is 1.97 bits per heavy atom. The van der Waals surface area contributed by atoms with Gasteiger partial charge in [0.25, 0.3) is 0 Å². The van der Waals surface area contributed by atoms with E-state index < -0.39 is 11.6 Å². The fourth-order valence-corrected chi connectivity index (χ4v) is 5.03. The number of hydrogen-bond acceptors (Lipinski definition) is 2. The first kappa shape index (κ1) is 22.8. The second-order valence-corrected chi connectivity index (χ2v) is 8.97. The molecule has 30 heavy (non-hydrogen) atoms. The van der Waals surface area contributed by atoms with Crippen molar-refractivity contribution in [2.24, 2.45) is 23.7 Å². The molecule has 3 rings (SSSR count). The third-order valence-electron chi connectivity index (χ3n) is 7.00. The molecule has 0 unspecified atom stereocenters. The van der Waals surface area contributed by atoms with Crippen LogP contribution in [0.5, 0.6) is 11.5 Å². The molecule has 0 atom stereocenters. The molecule has 0 radical (unpaired) electrons. The number of allylic oxidation sites excluding steroid dienone is 2. The topological polar surface area (TPSA) is 18.5 Å². The van der Waals surface area contributed by atoms with Crippen molar-refractivity contribution in [3.63, 3.8) is 0 Å². The fraction of sp³-hybridized carbons (Fsp3) is 0.615. The number of unbranched alkanes of at least 4 members (excludes halogenated alkanes) is 1. The lowest BCUT2D eigenvalue weighted by Crippen LogP contribution is -2.27. The molecular formula is C26H36F2O2. The predicted octanol–water partition coefficient (Wildman–Crippen LogP) is 7.49. The lowest BCUT2D eigenvalue weighted by Gasteiger charge is -2.37. The molecule has 0 heterocycles. The monoisotopic (exact) mass is 418 g/mol. The normalized spacial score (nSPS) is 26.7. The number of ether oxygens (including phenoxy) is 2. The average molecular weight is 419 g/mol. The summed E-state index contributed by atoms with van der Waals surface area (Å²) >= 11 is 0. The Bertz CT molecular complexity index is 687. The molecule has 2 saturated carbocycles. The lowest BCUT2D eigenvalue weighted by atomic mass is 9.69. The lowest BCUT2D eigenvalue weighted by molar-refractivity contribution is 0.127. The molecule has 2 aliphatic carbocycles. The molecule has 0 bridgehead atoms. The van der Waals surface area contributed by atoms with Crippen molar-refractivity contribution in [1.82, 2.24) is 0 Å². The Morgan fingerprint density at radius 2 is 1.40 bits per heavy atom. The van der Waals surface area contributed by atoms with Crippen molar-refractivity contribution >= 4 is 0 Å². The molecule has 0 N–H and O–H groups in total. The Hall–Kier alpha value is -1.84. The van der Waals surface area contributed by atoms with E-state index in [9.17, 15) is 8.78 Å². The van der Waals surface area contributed by atoms with Gasteiger partial charge in [-0.15, -0.1) is 13.2 Å². The quantitative estimate of drug-likeness (QED) is 0.289. The maximum absolute atomic E-state index is 14.4. The number of hydrogen-bond donors (Lipinski definition) is 0. The minimum Gasteiger partial charge on any atom is -0.490 e. The summed E-state index contributed by atoms with van der Waals surface area (Å²) < 4.78 is 39.6. The Labute approximate surface area is 180 Å². The van der Waals surface area contributed by atoms with Crippen LogP contribution in [-0.4, -0.2) is 13.2 Å². The van der Waals surface area contributed by atoms with Crippen LogP contribution < -0.4 is 9.47 Å². The highest BCUT2D eigenvalue weighted by molar-refractivity contribution is 5.35. The van der Waals surface area contributed by atoms with Crippen molar-refractivity contribution in [2.45, 2.75) is 64.2 Å². The van der Waals surface area contributed by atoms with E-state index in [1.807, 2.05) is 0 Å². The molecule has 2 nitrogen and oxygen atoms in total. The summed E-state index contributed by atoms with van der Waals surface area (Å²) in [7, 11) is 0. The Morgan fingerprint density at radius 1 is 0.833 bits per heavy atom.